The van der Waals surface area contributed by atoms with E-state index in [4.69, 9.17) is 9.47 Å². The molecule has 0 atom stereocenters. The second-order valence-electron chi connectivity index (χ2n) is 9.57. The molecule has 0 radical (unpaired) electrons. The molecule has 0 amide bonds. The summed E-state index contributed by atoms with van der Waals surface area (Å²) in [5.74, 6) is -0.384. The van der Waals surface area contributed by atoms with Crippen molar-refractivity contribution in [3.8, 4) is 5.75 Å². The number of hydrogen-bond donors (Lipinski definition) is 1. The summed E-state index contributed by atoms with van der Waals surface area (Å²) in [6.07, 6.45) is 1.99. The molecule has 3 aromatic rings. The van der Waals surface area contributed by atoms with Crippen molar-refractivity contribution in [1.82, 2.24) is 19.9 Å². The van der Waals surface area contributed by atoms with Gasteiger partial charge >= 0.3 is 5.97 Å². The maximum atomic E-state index is 11.5. The Labute approximate surface area is 207 Å². The molecule has 1 aromatic heterocycles. The van der Waals surface area contributed by atoms with Crippen LogP contribution >= 0.6 is 0 Å². The minimum atomic E-state index is -1.30. The summed E-state index contributed by atoms with van der Waals surface area (Å²) < 4.78 is 13.0. The van der Waals surface area contributed by atoms with Crippen LogP contribution in [0, 0.1) is 20.8 Å². The molecule has 0 bridgehead atoms. The van der Waals surface area contributed by atoms with Crippen LogP contribution in [0.3, 0.4) is 0 Å². The van der Waals surface area contributed by atoms with Gasteiger partial charge < -0.3 is 14.6 Å². The maximum Gasteiger partial charge on any atom is 0.347 e. The topological polar surface area (TPSA) is 89.7 Å². The van der Waals surface area contributed by atoms with E-state index in [0.717, 1.165) is 28.9 Å². The molecule has 2 aromatic carbocycles. The fraction of sp³-hybridized carbons (Fsp3) is 0.444. The Kier molecular flexibility index (Phi) is 8.64. The minimum absolute atomic E-state index is 0.601. The molecule has 0 spiro atoms. The molecule has 8 heteroatoms. The predicted molar refractivity (Wildman–Crippen MR) is 135 cm³/mol. The lowest BCUT2D eigenvalue weighted by molar-refractivity contribution is -0.152. The monoisotopic (exact) mass is 480 g/mol. The molecule has 8 nitrogen and oxygen atoms in total. The van der Waals surface area contributed by atoms with Crippen molar-refractivity contribution in [2.75, 3.05) is 20.3 Å². The molecule has 1 heterocycles. The second kappa shape index (κ2) is 11.5. The molecule has 3 rings (SSSR count). The van der Waals surface area contributed by atoms with Gasteiger partial charge in [-0.25, -0.2) is 9.48 Å². The Bertz CT molecular complexity index is 1120. The summed E-state index contributed by atoms with van der Waals surface area (Å²) in [4.78, 5) is 13.8. The first-order valence-electron chi connectivity index (χ1n) is 11.8. The smallest absolute Gasteiger partial charge is 0.347 e. The second-order valence-corrected chi connectivity index (χ2v) is 9.57. The normalized spacial score (nSPS) is 11.7. The van der Waals surface area contributed by atoms with Crippen LogP contribution in [0.1, 0.15) is 47.4 Å². The molecular weight excluding hydrogens is 444 g/mol. The number of ether oxygens (including phenoxy) is 2. The molecular formula is C27H36N4O4. The summed E-state index contributed by atoms with van der Waals surface area (Å²) in [5.41, 5.74) is 4.94. The van der Waals surface area contributed by atoms with Gasteiger partial charge in [0.2, 0.25) is 0 Å². The summed E-state index contributed by atoms with van der Waals surface area (Å²) >= 11 is 0. The van der Waals surface area contributed by atoms with Gasteiger partial charge in [0, 0.05) is 26.7 Å². The Hall–Kier alpha value is -3.23. The first-order chi connectivity index (χ1) is 16.6. The molecule has 0 unspecified atom stereocenters. The summed E-state index contributed by atoms with van der Waals surface area (Å²) in [6, 6.07) is 12.5. The first kappa shape index (κ1) is 26.4. The van der Waals surface area contributed by atoms with E-state index in [-0.39, 0.29) is 0 Å². The molecule has 0 fully saturated rings. The molecule has 0 aliphatic carbocycles. The van der Waals surface area contributed by atoms with Crippen LogP contribution in [0.4, 0.5) is 0 Å². The number of aliphatic carboxylic acids is 1. The predicted octanol–water partition coefficient (Wildman–Crippen LogP) is 4.14. The number of nitrogens with zero attached hydrogens (tertiary/aromatic N) is 4. The van der Waals surface area contributed by atoms with Crippen molar-refractivity contribution in [2.45, 2.75) is 59.9 Å². The van der Waals surface area contributed by atoms with Gasteiger partial charge in [-0.05, 0) is 56.9 Å². The lowest BCUT2D eigenvalue weighted by atomic mass is 10.0. The fourth-order valence-electron chi connectivity index (χ4n) is 3.88. The Morgan fingerprint density at radius 1 is 1.06 bits per heavy atom. The summed E-state index contributed by atoms with van der Waals surface area (Å²) in [7, 11) is 1.70. The van der Waals surface area contributed by atoms with Gasteiger partial charge in [0.1, 0.15) is 5.75 Å². The standard InChI is InChI=1S/C27H36N4O4/c1-19-7-9-22(10-8-19)16-31-18-24(28-29-31)17-30(11-12-34-6)15-23-13-20(2)25(21(3)14-23)35-27(4,5)26(32)33/h7-10,13-14,18H,11-12,15-17H2,1-6H3,(H,32,33). The van der Waals surface area contributed by atoms with Crippen molar-refractivity contribution < 1.29 is 19.4 Å². The van der Waals surface area contributed by atoms with Crippen molar-refractivity contribution in [3.63, 3.8) is 0 Å². The largest absolute Gasteiger partial charge is 0.478 e. The van der Waals surface area contributed by atoms with E-state index in [1.165, 1.54) is 11.1 Å². The zero-order valence-corrected chi connectivity index (χ0v) is 21.5. The quantitative estimate of drug-likeness (QED) is 0.417. The third-order valence-corrected chi connectivity index (χ3v) is 5.85. The number of rotatable bonds is 12. The SMILES string of the molecule is COCCN(Cc1cc(C)c(OC(C)(C)C(=O)O)c(C)c1)Cc1cn(Cc2ccc(C)cc2)nn1. The molecule has 0 saturated carbocycles. The van der Waals surface area contributed by atoms with Gasteiger partial charge in [0.25, 0.3) is 0 Å². The van der Waals surface area contributed by atoms with Crippen LogP contribution in [0.5, 0.6) is 5.75 Å². The van der Waals surface area contributed by atoms with E-state index in [0.29, 0.717) is 32.0 Å². The summed E-state index contributed by atoms with van der Waals surface area (Å²) in [6.45, 7) is 12.4. The third kappa shape index (κ3) is 7.37. The van der Waals surface area contributed by atoms with E-state index in [2.05, 4.69) is 46.4 Å². The van der Waals surface area contributed by atoms with Gasteiger partial charge in [0.15, 0.2) is 5.60 Å². The lowest BCUT2D eigenvalue weighted by Gasteiger charge is -2.26. The highest BCUT2D eigenvalue weighted by molar-refractivity contribution is 5.77. The van der Waals surface area contributed by atoms with E-state index < -0.39 is 11.6 Å². The van der Waals surface area contributed by atoms with Gasteiger partial charge in [-0.15, -0.1) is 5.10 Å². The fourth-order valence-corrected chi connectivity index (χ4v) is 3.88. The number of carboxylic acids is 1. The third-order valence-electron chi connectivity index (χ3n) is 5.85. The maximum absolute atomic E-state index is 11.5. The first-order valence-corrected chi connectivity index (χ1v) is 11.8. The highest BCUT2D eigenvalue weighted by atomic mass is 16.5. The number of benzene rings is 2. The van der Waals surface area contributed by atoms with Crippen molar-refractivity contribution in [1.29, 1.82) is 0 Å². The molecule has 35 heavy (non-hydrogen) atoms. The molecule has 0 saturated heterocycles. The number of aryl methyl sites for hydroxylation is 3. The number of aromatic nitrogens is 3. The average molecular weight is 481 g/mol. The highest BCUT2D eigenvalue weighted by Crippen LogP contribution is 2.29. The average Bonchev–Trinajstić information content (AvgIpc) is 3.23. The number of methoxy groups -OCH3 is 1. The van der Waals surface area contributed by atoms with Crippen molar-refractivity contribution in [3.05, 3.63) is 76.1 Å². The van der Waals surface area contributed by atoms with Crippen molar-refractivity contribution in [2.24, 2.45) is 0 Å². The Morgan fingerprint density at radius 3 is 2.31 bits per heavy atom. The van der Waals surface area contributed by atoms with Gasteiger partial charge in [-0.1, -0.05) is 47.2 Å². The minimum Gasteiger partial charge on any atom is -0.478 e. The number of hydrogen-bond acceptors (Lipinski definition) is 6. The summed E-state index contributed by atoms with van der Waals surface area (Å²) in [5, 5.41) is 18.1. The number of carboxylic acid groups (broad SMARTS) is 1. The zero-order valence-electron chi connectivity index (χ0n) is 21.5. The van der Waals surface area contributed by atoms with Crippen LogP contribution in [0.25, 0.3) is 0 Å². The van der Waals surface area contributed by atoms with E-state index >= 15 is 0 Å². The van der Waals surface area contributed by atoms with Crippen LogP contribution in [0.15, 0.2) is 42.6 Å². The van der Waals surface area contributed by atoms with E-state index in [1.54, 1.807) is 21.0 Å². The van der Waals surface area contributed by atoms with Crippen LogP contribution in [-0.2, 0) is 29.2 Å². The van der Waals surface area contributed by atoms with Crippen LogP contribution in [-0.4, -0.2) is 56.8 Å². The molecule has 0 aliphatic heterocycles. The van der Waals surface area contributed by atoms with Crippen molar-refractivity contribution >= 4 is 5.97 Å². The molecule has 188 valence electrons. The lowest BCUT2D eigenvalue weighted by Crippen LogP contribution is -2.38. The highest BCUT2D eigenvalue weighted by Gasteiger charge is 2.30. The van der Waals surface area contributed by atoms with Gasteiger partial charge in [0.05, 0.1) is 25.0 Å². The molecule has 1 N–H and O–H groups in total. The van der Waals surface area contributed by atoms with E-state index in [9.17, 15) is 9.90 Å². The number of carbonyl (C=O) groups is 1. The van der Waals surface area contributed by atoms with Gasteiger partial charge in [-0.2, -0.15) is 0 Å². The Morgan fingerprint density at radius 2 is 1.71 bits per heavy atom. The van der Waals surface area contributed by atoms with Gasteiger partial charge in [-0.3, -0.25) is 4.90 Å². The Balaban J connectivity index is 1.72. The van der Waals surface area contributed by atoms with E-state index in [1.807, 2.05) is 36.9 Å². The molecule has 0 aliphatic rings. The van der Waals surface area contributed by atoms with Crippen LogP contribution in [0.2, 0.25) is 0 Å². The van der Waals surface area contributed by atoms with Crippen LogP contribution < -0.4 is 4.74 Å². The zero-order chi connectivity index (χ0) is 25.6.